The number of pyridine rings is 1. The third kappa shape index (κ3) is 3.50. The van der Waals surface area contributed by atoms with Gasteiger partial charge in [-0.2, -0.15) is 0 Å². The lowest BCUT2D eigenvalue weighted by molar-refractivity contribution is -0.137. The molecule has 4 aromatic rings. The molecule has 0 radical (unpaired) electrons. The molecule has 0 saturated carbocycles. The third-order valence-electron chi connectivity index (χ3n) is 4.34. The van der Waals surface area contributed by atoms with Crippen molar-refractivity contribution >= 4 is 28.8 Å². The second-order valence-electron chi connectivity index (χ2n) is 6.18. The van der Waals surface area contributed by atoms with Gasteiger partial charge in [-0.3, -0.25) is 19.0 Å². The summed E-state index contributed by atoms with van der Waals surface area (Å²) in [5.41, 5.74) is 5.90. The maximum atomic E-state index is 12.8. The van der Waals surface area contributed by atoms with Gasteiger partial charge in [-0.25, -0.2) is 9.97 Å². The van der Waals surface area contributed by atoms with E-state index in [1.54, 1.807) is 30.5 Å². The molecule has 4 aromatic heterocycles. The standard InChI is InChI=1S/C19H15N5O5/c20-17(26)16(25)13(7-11-9-29-19-12(11)4-6-28-19)23-18(27)14-8-21-10-24(14)15-3-1-2-5-22-15/h1-6,8-10,13H,7H2,(H2,20,26)(H,23,27). The fraction of sp³-hybridized carbons (Fsp3) is 0.105. The van der Waals surface area contributed by atoms with Gasteiger partial charge in [0.1, 0.15) is 23.9 Å². The molecule has 1 unspecified atom stereocenters. The molecule has 0 aliphatic carbocycles. The van der Waals surface area contributed by atoms with Crippen LogP contribution in [0.3, 0.4) is 0 Å². The first-order chi connectivity index (χ1) is 14.0. The van der Waals surface area contributed by atoms with Crippen molar-refractivity contribution in [2.75, 3.05) is 0 Å². The van der Waals surface area contributed by atoms with Crippen molar-refractivity contribution in [1.82, 2.24) is 19.9 Å². The molecule has 10 heteroatoms. The summed E-state index contributed by atoms with van der Waals surface area (Å²) >= 11 is 0. The summed E-state index contributed by atoms with van der Waals surface area (Å²) in [6.45, 7) is 0. The number of ketones is 1. The third-order valence-corrected chi connectivity index (χ3v) is 4.34. The highest BCUT2D eigenvalue weighted by atomic mass is 16.5. The summed E-state index contributed by atoms with van der Waals surface area (Å²) < 4.78 is 11.9. The molecule has 3 N–H and O–H groups in total. The van der Waals surface area contributed by atoms with Crippen molar-refractivity contribution in [2.45, 2.75) is 12.5 Å². The number of aromatic nitrogens is 3. The zero-order valence-electron chi connectivity index (χ0n) is 14.9. The van der Waals surface area contributed by atoms with E-state index in [-0.39, 0.29) is 17.9 Å². The van der Waals surface area contributed by atoms with E-state index in [1.807, 2.05) is 0 Å². The number of nitrogens with two attached hydrogens (primary N) is 1. The van der Waals surface area contributed by atoms with Crippen LogP contribution < -0.4 is 11.1 Å². The summed E-state index contributed by atoms with van der Waals surface area (Å²) in [5, 5.41) is 3.19. The van der Waals surface area contributed by atoms with Crippen molar-refractivity contribution in [1.29, 1.82) is 0 Å². The Balaban J connectivity index is 1.61. The number of fused-ring (bicyclic) bond motifs is 1. The van der Waals surface area contributed by atoms with Gasteiger partial charge in [0.25, 0.3) is 17.6 Å². The van der Waals surface area contributed by atoms with Gasteiger partial charge in [-0.05, 0) is 18.2 Å². The van der Waals surface area contributed by atoms with Crippen molar-refractivity contribution in [3.63, 3.8) is 0 Å². The number of furan rings is 2. The topological polar surface area (TPSA) is 146 Å². The number of amides is 2. The minimum Gasteiger partial charge on any atom is -0.433 e. The Kier molecular flexibility index (Phi) is 4.65. The predicted molar refractivity (Wildman–Crippen MR) is 99.0 cm³/mol. The molecule has 10 nitrogen and oxygen atoms in total. The fourth-order valence-corrected chi connectivity index (χ4v) is 2.95. The Morgan fingerprint density at radius 3 is 2.83 bits per heavy atom. The molecule has 0 aromatic carbocycles. The maximum absolute atomic E-state index is 12.8. The van der Waals surface area contributed by atoms with Crippen LogP contribution in [0.1, 0.15) is 16.1 Å². The molecule has 29 heavy (non-hydrogen) atoms. The van der Waals surface area contributed by atoms with E-state index in [0.717, 1.165) is 0 Å². The Labute approximate surface area is 163 Å². The van der Waals surface area contributed by atoms with E-state index in [1.165, 1.54) is 29.6 Å². The molecule has 4 rings (SSSR count). The van der Waals surface area contributed by atoms with Crippen LogP contribution in [0, 0.1) is 0 Å². The van der Waals surface area contributed by atoms with Gasteiger partial charge in [0.05, 0.1) is 24.1 Å². The monoisotopic (exact) mass is 393 g/mol. The Hall–Kier alpha value is -4.21. The smallest absolute Gasteiger partial charge is 0.297 e. The van der Waals surface area contributed by atoms with E-state index in [9.17, 15) is 14.4 Å². The highest BCUT2D eigenvalue weighted by Crippen LogP contribution is 2.23. The lowest BCUT2D eigenvalue weighted by Gasteiger charge is -2.16. The number of hydrogen-bond donors (Lipinski definition) is 2. The van der Waals surface area contributed by atoms with Crippen LogP contribution in [-0.2, 0) is 16.0 Å². The zero-order chi connectivity index (χ0) is 20.4. The van der Waals surface area contributed by atoms with Crippen molar-refractivity contribution in [2.24, 2.45) is 5.73 Å². The van der Waals surface area contributed by atoms with E-state index >= 15 is 0 Å². The van der Waals surface area contributed by atoms with Gasteiger partial charge in [0, 0.05) is 18.2 Å². The summed E-state index contributed by atoms with van der Waals surface area (Å²) in [6.07, 6.45) is 7.17. The van der Waals surface area contributed by atoms with Crippen LogP contribution >= 0.6 is 0 Å². The molecule has 1 atom stereocenters. The van der Waals surface area contributed by atoms with Crippen LogP contribution in [0.5, 0.6) is 0 Å². The minimum atomic E-state index is -1.19. The first kappa shape index (κ1) is 18.2. The van der Waals surface area contributed by atoms with E-state index in [2.05, 4.69) is 15.3 Å². The molecule has 0 aliphatic heterocycles. The average Bonchev–Trinajstić information content (AvgIpc) is 3.45. The van der Waals surface area contributed by atoms with Crippen LogP contribution in [0.25, 0.3) is 17.0 Å². The number of hydrogen-bond acceptors (Lipinski definition) is 7. The largest absolute Gasteiger partial charge is 0.433 e. The highest BCUT2D eigenvalue weighted by molar-refractivity contribution is 6.38. The molecule has 4 heterocycles. The van der Waals surface area contributed by atoms with E-state index < -0.39 is 23.6 Å². The highest BCUT2D eigenvalue weighted by Gasteiger charge is 2.28. The van der Waals surface area contributed by atoms with Crippen LogP contribution in [0.15, 0.2) is 64.3 Å². The average molecular weight is 393 g/mol. The number of carbonyl (C=O) groups is 3. The number of nitrogens with one attached hydrogen (secondary N) is 1. The normalized spacial score (nSPS) is 12.0. The van der Waals surface area contributed by atoms with Gasteiger partial charge in [-0.15, -0.1) is 0 Å². The lowest BCUT2D eigenvalue weighted by atomic mass is 10.0. The maximum Gasteiger partial charge on any atom is 0.297 e. The van der Waals surface area contributed by atoms with Crippen LogP contribution in [0.2, 0.25) is 0 Å². The molecule has 0 saturated heterocycles. The van der Waals surface area contributed by atoms with Crippen LogP contribution in [0.4, 0.5) is 0 Å². The fourth-order valence-electron chi connectivity index (χ4n) is 2.95. The van der Waals surface area contributed by atoms with Crippen LogP contribution in [-0.4, -0.2) is 38.2 Å². The molecule has 0 aliphatic rings. The summed E-state index contributed by atoms with van der Waals surface area (Å²) in [5.74, 6) is -1.94. The number of primary amides is 1. The number of nitrogens with zero attached hydrogens (tertiary/aromatic N) is 3. The molecule has 2 amide bonds. The number of carbonyl (C=O) groups excluding carboxylic acids is 3. The molecular formula is C19H15N5O5. The lowest BCUT2D eigenvalue weighted by Crippen LogP contribution is -2.47. The second kappa shape index (κ2) is 7.43. The first-order valence-corrected chi connectivity index (χ1v) is 8.56. The van der Waals surface area contributed by atoms with E-state index in [4.69, 9.17) is 14.6 Å². The minimum absolute atomic E-state index is 0.00221. The summed E-state index contributed by atoms with van der Waals surface area (Å²) in [6, 6.07) is 5.67. The van der Waals surface area contributed by atoms with Gasteiger partial charge < -0.3 is 19.9 Å². The quantitative estimate of drug-likeness (QED) is 0.445. The molecule has 0 fully saturated rings. The van der Waals surface area contributed by atoms with Crippen molar-refractivity contribution < 1.29 is 23.2 Å². The Morgan fingerprint density at radius 2 is 2.07 bits per heavy atom. The Morgan fingerprint density at radius 1 is 1.21 bits per heavy atom. The molecule has 146 valence electrons. The second-order valence-corrected chi connectivity index (χ2v) is 6.18. The summed E-state index contributed by atoms with van der Waals surface area (Å²) in [7, 11) is 0. The van der Waals surface area contributed by atoms with Crippen molar-refractivity contribution in [3.05, 3.63) is 66.8 Å². The van der Waals surface area contributed by atoms with Gasteiger partial charge in [0.15, 0.2) is 0 Å². The van der Waals surface area contributed by atoms with Gasteiger partial charge in [-0.1, -0.05) is 6.07 Å². The SMILES string of the molecule is NC(=O)C(=O)C(Cc1coc2occc12)NC(=O)c1cncn1-c1ccccn1. The number of rotatable bonds is 7. The van der Waals surface area contributed by atoms with Crippen molar-refractivity contribution in [3.8, 4) is 5.82 Å². The molecule has 0 spiro atoms. The van der Waals surface area contributed by atoms with Gasteiger partial charge >= 0.3 is 0 Å². The Bertz CT molecular complexity index is 1190. The number of imidazole rings is 1. The van der Waals surface area contributed by atoms with Gasteiger partial charge in [0.2, 0.25) is 5.78 Å². The summed E-state index contributed by atoms with van der Waals surface area (Å²) in [4.78, 5) is 44.8. The number of Topliss-reactive ketones (excluding diaryl/α,β-unsaturated/α-hetero) is 1. The molecule has 0 bridgehead atoms. The van der Waals surface area contributed by atoms with E-state index in [0.29, 0.717) is 16.8 Å². The molecular weight excluding hydrogens is 378 g/mol. The zero-order valence-corrected chi connectivity index (χ0v) is 14.9. The first-order valence-electron chi connectivity index (χ1n) is 8.56. The predicted octanol–water partition coefficient (Wildman–Crippen LogP) is 1.00.